The van der Waals surface area contributed by atoms with Crippen molar-refractivity contribution < 1.29 is 13.5 Å². The van der Waals surface area contributed by atoms with Crippen LogP contribution in [-0.4, -0.2) is 42.0 Å². The van der Waals surface area contributed by atoms with Gasteiger partial charge in [0.25, 0.3) is 0 Å². The molecule has 5 nitrogen and oxygen atoms in total. The Kier molecular flexibility index (Phi) is 3.91. The number of sulfonamides is 1. The first-order valence-electron chi connectivity index (χ1n) is 5.71. The van der Waals surface area contributed by atoms with Crippen molar-refractivity contribution in [3.63, 3.8) is 0 Å². The van der Waals surface area contributed by atoms with Gasteiger partial charge in [-0.2, -0.15) is 4.31 Å². The van der Waals surface area contributed by atoms with Gasteiger partial charge in [-0.15, -0.1) is 0 Å². The van der Waals surface area contributed by atoms with Crippen LogP contribution in [0.15, 0.2) is 23.2 Å². The Balaban J connectivity index is 2.23. The maximum absolute atomic E-state index is 12.3. The quantitative estimate of drug-likeness (QED) is 0.847. The first-order valence-corrected chi connectivity index (χ1v) is 7.53. The molecular weight excluding hydrogens is 276 g/mol. The lowest BCUT2D eigenvalue weighted by molar-refractivity contribution is 0.133. The van der Waals surface area contributed by atoms with Gasteiger partial charge in [0.05, 0.1) is 11.0 Å². The largest absolute Gasteiger partial charge is 0.393 e. The number of rotatable bonds is 3. The lowest BCUT2D eigenvalue weighted by atomic mass is 10.0. The average Bonchev–Trinajstić information content (AvgIpc) is 2.79. The maximum Gasteiger partial charge on any atom is 0.243 e. The molecule has 2 rings (SSSR count). The van der Waals surface area contributed by atoms with E-state index in [4.69, 9.17) is 11.6 Å². The molecule has 1 N–H and O–H groups in total. The van der Waals surface area contributed by atoms with Crippen molar-refractivity contribution in [3.8, 4) is 0 Å². The fourth-order valence-electron chi connectivity index (χ4n) is 2.06. The topological polar surface area (TPSA) is 70.5 Å². The monoisotopic (exact) mass is 290 g/mol. The van der Waals surface area contributed by atoms with E-state index in [0.717, 1.165) is 0 Å². The fourth-order valence-corrected chi connectivity index (χ4v) is 3.82. The highest BCUT2D eigenvalue weighted by atomic mass is 35.5. The Labute approximate surface area is 111 Å². The number of halogens is 1. The normalized spacial score (nSPS) is 23.2. The predicted octanol–water partition coefficient (Wildman–Crippen LogP) is 1.13. The average molecular weight is 291 g/mol. The number of aromatic nitrogens is 1. The third kappa shape index (κ3) is 2.66. The molecule has 18 heavy (non-hydrogen) atoms. The van der Waals surface area contributed by atoms with Crippen molar-refractivity contribution in [2.45, 2.75) is 24.3 Å². The molecule has 2 heterocycles. The van der Waals surface area contributed by atoms with E-state index in [2.05, 4.69) is 4.98 Å². The van der Waals surface area contributed by atoms with Crippen LogP contribution >= 0.6 is 11.6 Å². The summed E-state index contributed by atoms with van der Waals surface area (Å²) in [5.41, 5.74) is 0. The highest BCUT2D eigenvalue weighted by Crippen LogP contribution is 2.26. The van der Waals surface area contributed by atoms with Crippen LogP contribution in [0, 0.1) is 5.92 Å². The minimum absolute atomic E-state index is 0.00270. The molecule has 0 aliphatic carbocycles. The molecule has 100 valence electrons. The summed E-state index contributed by atoms with van der Waals surface area (Å²) in [5, 5.41) is 9.65. The second-order valence-electron chi connectivity index (χ2n) is 4.47. The predicted molar refractivity (Wildman–Crippen MR) is 67.8 cm³/mol. The number of nitrogens with zero attached hydrogens (tertiary/aromatic N) is 2. The van der Waals surface area contributed by atoms with Crippen LogP contribution in [0.4, 0.5) is 0 Å². The van der Waals surface area contributed by atoms with Crippen LogP contribution in [0.5, 0.6) is 0 Å². The molecule has 0 bridgehead atoms. The highest BCUT2D eigenvalue weighted by Gasteiger charge is 2.34. The van der Waals surface area contributed by atoms with Gasteiger partial charge in [0, 0.05) is 19.3 Å². The Morgan fingerprint density at radius 1 is 1.61 bits per heavy atom. The van der Waals surface area contributed by atoms with E-state index >= 15 is 0 Å². The summed E-state index contributed by atoms with van der Waals surface area (Å²) in [7, 11) is -3.53. The van der Waals surface area contributed by atoms with Crippen molar-refractivity contribution in [2.24, 2.45) is 5.92 Å². The number of aliphatic hydroxyl groups excluding tert-OH is 1. The zero-order valence-electron chi connectivity index (χ0n) is 9.95. The van der Waals surface area contributed by atoms with E-state index in [0.29, 0.717) is 19.5 Å². The molecule has 1 aromatic rings. The van der Waals surface area contributed by atoms with Gasteiger partial charge in [-0.05, 0) is 31.4 Å². The number of pyridine rings is 1. The van der Waals surface area contributed by atoms with Gasteiger partial charge >= 0.3 is 0 Å². The van der Waals surface area contributed by atoms with Crippen molar-refractivity contribution in [3.05, 3.63) is 23.5 Å². The van der Waals surface area contributed by atoms with E-state index in [1.807, 2.05) is 0 Å². The van der Waals surface area contributed by atoms with Gasteiger partial charge in [0.2, 0.25) is 10.0 Å². The summed E-state index contributed by atoms with van der Waals surface area (Å²) < 4.78 is 26.0. The lowest BCUT2D eigenvalue weighted by Gasteiger charge is -2.17. The zero-order valence-corrected chi connectivity index (χ0v) is 11.5. The number of hydrogen-bond donors (Lipinski definition) is 1. The second kappa shape index (κ2) is 5.13. The molecule has 7 heteroatoms. The first kappa shape index (κ1) is 13.7. The van der Waals surface area contributed by atoms with Gasteiger partial charge in [-0.1, -0.05) is 11.6 Å². The van der Waals surface area contributed by atoms with E-state index in [-0.39, 0.29) is 16.0 Å². The van der Waals surface area contributed by atoms with Crippen molar-refractivity contribution in [2.75, 3.05) is 13.1 Å². The van der Waals surface area contributed by atoms with Crippen LogP contribution in [0.2, 0.25) is 5.15 Å². The molecule has 2 unspecified atom stereocenters. The molecule has 1 aliphatic heterocycles. The smallest absolute Gasteiger partial charge is 0.243 e. The summed E-state index contributed by atoms with van der Waals surface area (Å²) in [5.74, 6) is -0.00270. The summed E-state index contributed by atoms with van der Waals surface area (Å²) in [6, 6.07) is 2.77. The Morgan fingerprint density at radius 3 is 2.89 bits per heavy atom. The summed E-state index contributed by atoms with van der Waals surface area (Å²) >= 11 is 5.70. The third-order valence-corrected chi connectivity index (χ3v) is 5.27. The third-order valence-electron chi connectivity index (χ3n) is 3.21. The molecule has 0 amide bonds. The minimum Gasteiger partial charge on any atom is -0.393 e. The SMILES string of the molecule is CC(O)C1CCN(S(=O)(=O)c2ccnc(Cl)c2)C1. The highest BCUT2D eigenvalue weighted by molar-refractivity contribution is 7.89. The molecule has 0 spiro atoms. The molecule has 1 saturated heterocycles. The van der Waals surface area contributed by atoms with Crippen LogP contribution in [-0.2, 0) is 10.0 Å². The van der Waals surface area contributed by atoms with Crippen LogP contribution < -0.4 is 0 Å². The summed E-state index contributed by atoms with van der Waals surface area (Å²) in [6.07, 6.45) is 1.55. The molecule has 1 fully saturated rings. The Bertz CT molecular complexity index is 533. The van der Waals surface area contributed by atoms with Gasteiger partial charge in [0.15, 0.2) is 0 Å². The summed E-state index contributed by atoms with van der Waals surface area (Å²) in [6.45, 7) is 2.46. The summed E-state index contributed by atoms with van der Waals surface area (Å²) in [4.78, 5) is 3.91. The minimum atomic E-state index is -3.53. The van der Waals surface area contributed by atoms with E-state index < -0.39 is 16.1 Å². The number of aliphatic hydroxyl groups is 1. The van der Waals surface area contributed by atoms with Crippen LogP contribution in [0.25, 0.3) is 0 Å². The molecular formula is C11H15ClN2O3S. The maximum atomic E-state index is 12.3. The van der Waals surface area contributed by atoms with Crippen molar-refractivity contribution in [1.82, 2.24) is 9.29 Å². The molecule has 2 atom stereocenters. The van der Waals surface area contributed by atoms with E-state index in [1.54, 1.807) is 6.92 Å². The standard InChI is InChI=1S/C11H15ClN2O3S/c1-8(15)9-3-5-14(7-9)18(16,17)10-2-4-13-11(12)6-10/h2,4,6,8-9,15H,3,5,7H2,1H3. The molecule has 0 aromatic carbocycles. The second-order valence-corrected chi connectivity index (χ2v) is 6.79. The number of hydrogen-bond acceptors (Lipinski definition) is 4. The van der Waals surface area contributed by atoms with Crippen molar-refractivity contribution in [1.29, 1.82) is 0 Å². The van der Waals surface area contributed by atoms with Gasteiger partial charge in [0.1, 0.15) is 5.15 Å². The fraction of sp³-hybridized carbons (Fsp3) is 0.545. The van der Waals surface area contributed by atoms with Gasteiger partial charge in [-0.3, -0.25) is 0 Å². The van der Waals surface area contributed by atoms with Gasteiger partial charge < -0.3 is 5.11 Å². The van der Waals surface area contributed by atoms with E-state index in [9.17, 15) is 13.5 Å². The first-order chi connectivity index (χ1) is 8.41. The molecule has 0 saturated carbocycles. The Morgan fingerprint density at radius 2 is 2.33 bits per heavy atom. The molecule has 0 radical (unpaired) electrons. The Hall–Kier alpha value is -0.690. The van der Waals surface area contributed by atoms with Crippen LogP contribution in [0.1, 0.15) is 13.3 Å². The molecule has 1 aromatic heterocycles. The lowest BCUT2D eigenvalue weighted by Crippen LogP contribution is -2.30. The van der Waals surface area contributed by atoms with Gasteiger partial charge in [-0.25, -0.2) is 13.4 Å². The van der Waals surface area contributed by atoms with E-state index in [1.165, 1.54) is 22.6 Å². The van der Waals surface area contributed by atoms with Crippen LogP contribution in [0.3, 0.4) is 0 Å². The van der Waals surface area contributed by atoms with Crippen molar-refractivity contribution >= 4 is 21.6 Å². The zero-order chi connectivity index (χ0) is 13.3. The molecule has 1 aliphatic rings.